The molecule has 0 spiro atoms. The molecule has 0 radical (unpaired) electrons. The molecule has 1 aromatic carbocycles. The number of anilines is 2. The fraction of sp³-hybridized carbons (Fsp3) is 0.143. The number of nitrogens with one attached hydrogen (secondary N) is 1. The zero-order chi connectivity index (χ0) is 15.1. The summed E-state index contributed by atoms with van der Waals surface area (Å²) in [6, 6.07) is 7.09. The maximum atomic E-state index is 12.4. The summed E-state index contributed by atoms with van der Waals surface area (Å²) in [4.78, 5) is 18.6. The van der Waals surface area contributed by atoms with E-state index in [0.29, 0.717) is 21.2 Å². The van der Waals surface area contributed by atoms with Crippen LogP contribution in [0.3, 0.4) is 0 Å². The van der Waals surface area contributed by atoms with Gasteiger partial charge in [-0.1, -0.05) is 11.6 Å². The minimum Gasteiger partial charge on any atom is -0.333 e. The maximum absolute atomic E-state index is 12.4. The molecule has 108 valence electrons. The highest BCUT2D eigenvalue weighted by atomic mass is 35.5. The maximum Gasteiger partial charge on any atom is 0.282 e. The Hall–Kier alpha value is -2.05. The highest BCUT2D eigenvalue weighted by Gasteiger charge is 2.15. The fourth-order valence-corrected chi connectivity index (χ4v) is 3.20. The number of nitrogens with two attached hydrogens (primary N) is 1. The average molecular weight is 321 g/mol. The van der Waals surface area contributed by atoms with Crippen LogP contribution in [-0.2, 0) is 0 Å². The standard InChI is InChI=1S/C14H13ClN4OS/c1-7-8(2)21-12-11(7)13(20)19(16)14(18-12)17-10-5-3-9(15)4-6-10/h3-6H,16H2,1-2H3,(H,17,18). The molecule has 0 atom stereocenters. The molecule has 2 heterocycles. The molecule has 0 fully saturated rings. The first-order chi connectivity index (χ1) is 9.97. The van der Waals surface area contributed by atoms with Crippen molar-refractivity contribution in [3.05, 3.63) is 50.1 Å². The molecular weight excluding hydrogens is 308 g/mol. The van der Waals surface area contributed by atoms with Gasteiger partial charge in [0.1, 0.15) is 4.83 Å². The summed E-state index contributed by atoms with van der Waals surface area (Å²) < 4.78 is 1.04. The van der Waals surface area contributed by atoms with Crippen molar-refractivity contribution in [3.8, 4) is 0 Å². The Morgan fingerprint density at radius 1 is 1.29 bits per heavy atom. The van der Waals surface area contributed by atoms with Gasteiger partial charge in [0.25, 0.3) is 5.56 Å². The van der Waals surface area contributed by atoms with Crippen LogP contribution in [0.5, 0.6) is 0 Å². The number of aromatic nitrogens is 2. The normalized spacial score (nSPS) is 11.0. The summed E-state index contributed by atoms with van der Waals surface area (Å²) in [5.74, 6) is 6.16. The van der Waals surface area contributed by atoms with E-state index in [9.17, 15) is 4.79 Å². The number of rotatable bonds is 2. The number of thiophene rings is 1. The van der Waals surface area contributed by atoms with Crippen molar-refractivity contribution in [2.75, 3.05) is 11.2 Å². The van der Waals surface area contributed by atoms with Gasteiger partial charge in [-0.15, -0.1) is 11.3 Å². The molecule has 3 N–H and O–H groups in total. The van der Waals surface area contributed by atoms with Gasteiger partial charge >= 0.3 is 0 Å². The summed E-state index contributed by atoms with van der Waals surface area (Å²) in [5.41, 5.74) is 1.44. The van der Waals surface area contributed by atoms with Crippen molar-refractivity contribution in [3.63, 3.8) is 0 Å². The van der Waals surface area contributed by atoms with Gasteiger partial charge in [-0.3, -0.25) is 4.79 Å². The predicted octanol–water partition coefficient (Wildman–Crippen LogP) is 3.19. The lowest BCUT2D eigenvalue weighted by Crippen LogP contribution is -2.30. The number of fused-ring (bicyclic) bond motifs is 1. The van der Waals surface area contributed by atoms with Crippen molar-refractivity contribution < 1.29 is 0 Å². The molecule has 0 amide bonds. The van der Waals surface area contributed by atoms with Crippen molar-refractivity contribution >= 4 is 44.8 Å². The van der Waals surface area contributed by atoms with Crippen LogP contribution in [0.15, 0.2) is 29.1 Å². The van der Waals surface area contributed by atoms with E-state index in [2.05, 4.69) is 10.3 Å². The van der Waals surface area contributed by atoms with Crippen LogP contribution in [-0.4, -0.2) is 9.66 Å². The Bertz CT molecular complexity index is 883. The highest BCUT2D eigenvalue weighted by Crippen LogP contribution is 2.27. The van der Waals surface area contributed by atoms with E-state index in [1.54, 1.807) is 24.3 Å². The molecule has 3 rings (SSSR count). The van der Waals surface area contributed by atoms with E-state index in [1.807, 2.05) is 13.8 Å². The van der Waals surface area contributed by atoms with Gasteiger partial charge in [0, 0.05) is 15.6 Å². The number of nitrogen functional groups attached to an aromatic ring is 1. The minimum absolute atomic E-state index is 0.252. The lowest BCUT2D eigenvalue weighted by Gasteiger charge is -2.09. The number of hydrogen-bond acceptors (Lipinski definition) is 5. The third kappa shape index (κ3) is 2.36. The SMILES string of the molecule is Cc1sc2nc(Nc3ccc(Cl)cc3)n(N)c(=O)c2c1C. The van der Waals surface area contributed by atoms with Crippen molar-refractivity contribution in [1.29, 1.82) is 0 Å². The fourth-order valence-electron chi connectivity index (χ4n) is 2.06. The molecule has 21 heavy (non-hydrogen) atoms. The summed E-state index contributed by atoms with van der Waals surface area (Å²) >= 11 is 7.34. The van der Waals surface area contributed by atoms with Crippen molar-refractivity contribution in [1.82, 2.24) is 9.66 Å². The smallest absolute Gasteiger partial charge is 0.282 e. The summed E-state index contributed by atoms with van der Waals surface area (Å²) in [6.45, 7) is 3.87. The molecule has 0 saturated heterocycles. The van der Waals surface area contributed by atoms with Crippen LogP contribution in [0.25, 0.3) is 10.2 Å². The number of hydrogen-bond donors (Lipinski definition) is 2. The lowest BCUT2D eigenvalue weighted by atomic mass is 10.2. The zero-order valence-corrected chi connectivity index (χ0v) is 13.0. The quantitative estimate of drug-likeness (QED) is 0.711. The van der Waals surface area contributed by atoms with Gasteiger partial charge in [-0.25, -0.2) is 4.98 Å². The van der Waals surface area contributed by atoms with E-state index < -0.39 is 0 Å². The molecule has 7 heteroatoms. The van der Waals surface area contributed by atoms with E-state index in [1.165, 1.54) is 11.3 Å². The van der Waals surface area contributed by atoms with Gasteiger partial charge in [-0.2, -0.15) is 4.68 Å². The van der Waals surface area contributed by atoms with Gasteiger partial charge < -0.3 is 11.2 Å². The second kappa shape index (κ2) is 5.05. The predicted molar refractivity (Wildman–Crippen MR) is 88.2 cm³/mol. The third-order valence-corrected chi connectivity index (χ3v) is 4.69. The van der Waals surface area contributed by atoms with E-state index >= 15 is 0 Å². The van der Waals surface area contributed by atoms with Crippen LogP contribution < -0.4 is 16.7 Å². The molecular formula is C14H13ClN4OS. The Morgan fingerprint density at radius 2 is 1.95 bits per heavy atom. The number of benzene rings is 1. The van der Waals surface area contributed by atoms with E-state index in [0.717, 1.165) is 20.8 Å². The van der Waals surface area contributed by atoms with Crippen molar-refractivity contribution in [2.45, 2.75) is 13.8 Å². The first-order valence-corrected chi connectivity index (χ1v) is 7.47. The number of halogens is 1. The minimum atomic E-state index is -0.252. The largest absolute Gasteiger partial charge is 0.333 e. The van der Waals surface area contributed by atoms with Crippen LogP contribution >= 0.6 is 22.9 Å². The molecule has 0 aliphatic carbocycles. The first kappa shape index (κ1) is 13.9. The van der Waals surface area contributed by atoms with Crippen LogP contribution in [0.2, 0.25) is 5.02 Å². The topological polar surface area (TPSA) is 72.9 Å². The molecule has 0 bridgehead atoms. The van der Waals surface area contributed by atoms with Crippen LogP contribution in [0.4, 0.5) is 11.6 Å². The molecule has 0 unspecified atom stereocenters. The Kier molecular flexibility index (Phi) is 3.35. The monoisotopic (exact) mass is 320 g/mol. The van der Waals surface area contributed by atoms with E-state index in [4.69, 9.17) is 17.4 Å². The average Bonchev–Trinajstić information content (AvgIpc) is 2.73. The number of nitrogens with zero attached hydrogens (tertiary/aromatic N) is 2. The van der Waals surface area contributed by atoms with Gasteiger partial charge in [-0.05, 0) is 43.7 Å². The molecule has 3 aromatic rings. The van der Waals surface area contributed by atoms with Gasteiger partial charge in [0.15, 0.2) is 0 Å². The molecule has 2 aromatic heterocycles. The van der Waals surface area contributed by atoms with Crippen LogP contribution in [0, 0.1) is 13.8 Å². The Labute approximate surface area is 130 Å². The van der Waals surface area contributed by atoms with Crippen LogP contribution in [0.1, 0.15) is 10.4 Å². The lowest BCUT2D eigenvalue weighted by molar-refractivity contribution is 0.928. The second-order valence-electron chi connectivity index (χ2n) is 4.71. The molecule has 0 aliphatic heterocycles. The Balaban J connectivity index is 2.13. The van der Waals surface area contributed by atoms with Gasteiger partial charge in [0.2, 0.25) is 5.95 Å². The van der Waals surface area contributed by atoms with E-state index in [-0.39, 0.29) is 5.56 Å². The van der Waals surface area contributed by atoms with Gasteiger partial charge in [0.05, 0.1) is 5.39 Å². The third-order valence-electron chi connectivity index (χ3n) is 3.34. The zero-order valence-electron chi connectivity index (χ0n) is 11.5. The highest BCUT2D eigenvalue weighted by molar-refractivity contribution is 7.18. The molecule has 0 saturated carbocycles. The summed E-state index contributed by atoms with van der Waals surface area (Å²) in [5, 5.41) is 4.26. The first-order valence-electron chi connectivity index (χ1n) is 6.28. The second-order valence-corrected chi connectivity index (χ2v) is 6.35. The molecule has 5 nitrogen and oxygen atoms in total. The summed E-state index contributed by atoms with van der Waals surface area (Å²) in [6.07, 6.45) is 0. The summed E-state index contributed by atoms with van der Waals surface area (Å²) in [7, 11) is 0. The number of aryl methyl sites for hydroxylation is 2. The molecule has 0 aliphatic rings. The van der Waals surface area contributed by atoms with Crippen molar-refractivity contribution in [2.24, 2.45) is 0 Å². The Morgan fingerprint density at radius 3 is 2.62 bits per heavy atom.